The number of thiazole rings is 1. The molecule has 6 rings (SSSR count). The normalized spacial score (nSPS) is 15.0. The number of hydrogen-bond donors (Lipinski definition) is 0. The molecule has 9 nitrogen and oxygen atoms in total. The van der Waals surface area contributed by atoms with Gasteiger partial charge in [0, 0.05) is 23.3 Å². The van der Waals surface area contributed by atoms with E-state index in [4.69, 9.17) is 9.15 Å². The Hall–Kier alpha value is -5.09. The van der Waals surface area contributed by atoms with Crippen molar-refractivity contribution in [2.24, 2.45) is 4.99 Å². The Bertz CT molecular complexity index is 2110. The number of rotatable bonds is 6. The predicted molar refractivity (Wildman–Crippen MR) is 160 cm³/mol. The van der Waals surface area contributed by atoms with E-state index in [0.29, 0.717) is 43.3 Å². The summed E-state index contributed by atoms with van der Waals surface area (Å²) in [5.74, 6) is 0.321. The Morgan fingerprint density at radius 1 is 1.12 bits per heavy atom. The molecule has 0 bridgehead atoms. The first kappa shape index (κ1) is 27.1. The van der Waals surface area contributed by atoms with Crippen LogP contribution in [0.4, 0.5) is 5.69 Å². The molecule has 3 heterocycles. The fraction of sp³-hybridized carbons (Fsp3) is 0.156. The number of allylic oxidation sites excluding steroid dienone is 1. The van der Waals surface area contributed by atoms with Crippen molar-refractivity contribution in [3.63, 3.8) is 0 Å². The number of hydrogen-bond acceptors (Lipinski definition) is 8. The maximum Gasteiger partial charge on any atom is 0.338 e. The van der Waals surface area contributed by atoms with Crippen LogP contribution in [0.5, 0.6) is 0 Å². The lowest BCUT2D eigenvalue weighted by atomic mass is 9.91. The molecular formula is C32H25N3O6S. The minimum atomic E-state index is -0.742. The summed E-state index contributed by atoms with van der Waals surface area (Å²) in [6.45, 7) is 5.35. The smallest absolute Gasteiger partial charge is 0.338 e. The summed E-state index contributed by atoms with van der Waals surface area (Å²) in [6, 6.07) is 21.2. The molecule has 1 aliphatic rings. The second-order valence-corrected chi connectivity index (χ2v) is 10.8. The lowest BCUT2D eigenvalue weighted by molar-refractivity contribution is -0.385. The maximum absolute atomic E-state index is 14.0. The number of benzene rings is 3. The van der Waals surface area contributed by atoms with E-state index in [-0.39, 0.29) is 17.9 Å². The van der Waals surface area contributed by atoms with Crippen LogP contribution in [-0.4, -0.2) is 22.1 Å². The minimum Gasteiger partial charge on any atom is -0.463 e. The number of nitrogens with zero attached hydrogens (tertiary/aromatic N) is 3. The summed E-state index contributed by atoms with van der Waals surface area (Å²) in [6.07, 6.45) is 1.62. The molecule has 0 spiro atoms. The van der Waals surface area contributed by atoms with Gasteiger partial charge in [-0.15, -0.1) is 0 Å². The molecule has 0 N–H and O–H groups in total. The highest BCUT2D eigenvalue weighted by Crippen LogP contribution is 2.35. The summed E-state index contributed by atoms with van der Waals surface area (Å²) in [5.41, 5.74) is 2.37. The number of aryl methyl sites for hydroxylation is 1. The van der Waals surface area contributed by atoms with E-state index >= 15 is 0 Å². The number of furan rings is 1. The Kier molecular flexibility index (Phi) is 6.91. The molecule has 3 aromatic carbocycles. The molecule has 0 saturated heterocycles. The van der Waals surface area contributed by atoms with Crippen LogP contribution in [0.25, 0.3) is 28.2 Å². The maximum atomic E-state index is 14.0. The molecule has 1 atom stereocenters. The van der Waals surface area contributed by atoms with Crippen LogP contribution < -0.4 is 14.9 Å². The van der Waals surface area contributed by atoms with Gasteiger partial charge in [-0.1, -0.05) is 65.9 Å². The molecule has 0 saturated carbocycles. The summed E-state index contributed by atoms with van der Waals surface area (Å²) in [5, 5.41) is 13.3. The van der Waals surface area contributed by atoms with E-state index in [1.54, 1.807) is 55.7 Å². The van der Waals surface area contributed by atoms with Crippen LogP contribution in [0, 0.1) is 17.0 Å². The first-order chi connectivity index (χ1) is 20.3. The lowest BCUT2D eigenvalue weighted by Gasteiger charge is -2.25. The van der Waals surface area contributed by atoms with Gasteiger partial charge in [0.2, 0.25) is 0 Å². The monoisotopic (exact) mass is 579 g/mol. The third-order valence-electron chi connectivity index (χ3n) is 7.23. The molecule has 10 heteroatoms. The van der Waals surface area contributed by atoms with Crippen LogP contribution in [0.1, 0.15) is 36.8 Å². The van der Waals surface area contributed by atoms with E-state index in [1.807, 2.05) is 42.5 Å². The van der Waals surface area contributed by atoms with Gasteiger partial charge in [0.05, 0.1) is 33.4 Å². The second kappa shape index (κ2) is 10.7. The number of fused-ring (bicyclic) bond motifs is 2. The molecule has 1 aliphatic heterocycles. The van der Waals surface area contributed by atoms with Crippen LogP contribution >= 0.6 is 11.3 Å². The van der Waals surface area contributed by atoms with Crippen molar-refractivity contribution in [1.82, 2.24) is 4.57 Å². The van der Waals surface area contributed by atoms with Crippen molar-refractivity contribution in [3.05, 3.63) is 131 Å². The Morgan fingerprint density at radius 3 is 2.69 bits per heavy atom. The molecule has 0 radical (unpaired) electrons. The fourth-order valence-electron chi connectivity index (χ4n) is 5.25. The molecule has 42 heavy (non-hydrogen) atoms. The zero-order valence-corrected chi connectivity index (χ0v) is 23.8. The van der Waals surface area contributed by atoms with Gasteiger partial charge in [-0.05, 0) is 49.2 Å². The van der Waals surface area contributed by atoms with Crippen LogP contribution in [0.3, 0.4) is 0 Å². The van der Waals surface area contributed by atoms with Crippen molar-refractivity contribution >= 4 is 39.8 Å². The van der Waals surface area contributed by atoms with Gasteiger partial charge in [0.1, 0.15) is 11.5 Å². The number of nitro benzene ring substituents is 1. The lowest BCUT2D eigenvalue weighted by Crippen LogP contribution is -2.40. The topological polar surface area (TPSA) is 117 Å². The van der Waals surface area contributed by atoms with Gasteiger partial charge in [0.25, 0.3) is 11.2 Å². The number of ether oxygens (including phenoxy) is 1. The van der Waals surface area contributed by atoms with E-state index in [0.717, 1.165) is 16.3 Å². The van der Waals surface area contributed by atoms with Crippen LogP contribution in [0.15, 0.2) is 98.3 Å². The van der Waals surface area contributed by atoms with E-state index in [9.17, 15) is 19.7 Å². The average molecular weight is 580 g/mol. The molecular weight excluding hydrogens is 554 g/mol. The Balaban J connectivity index is 1.50. The van der Waals surface area contributed by atoms with E-state index in [2.05, 4.69) is 4.99 Å². The molecule has 2 aromatic heterocycles. The summed E-state index contributed by atoms with van der Waals surface area (Å²) >= 11 is 1.20. The highest BCUT2D eigenvalue weighted by molar-refractivity contribution is 7.07. The molecule has 210 valence electrons. The minimum absolute atomic E-state index is 0.0000286. The van der Waals surface area contributed by atoms with Gasteiger partial charge in [-0.25, -0.2) is 9.79 Å². The SMILES string of the molecule is CCOC(=O)C1=C(C)N=c2s/c(=C\c3ccc(-c4ccc(C)c([N+](=O)[O-])c4)o3)c(=O)n2[C@@H]1c1cccc2ccccc12. The number of carbonyl (C=O) groups is 1. The summed E-state index contributed by atoms with van der Waals surface area (Å²) in [7, 11) is 0. The zero-order chi connectivity index (χ0) is 29.5. The standard InChI is InChI=1S/C32H25N3O6S/c1-4-40-31(37)28-19(3)33-32-34(29(28)24-11-7-9-20-8-5-6-10-23(20)24)30(36)27(42-32)17-22-14-15-26(41-22)21-13-12-18(2)25(16-21)35(38)39/h5-17,29H,4H2,1-3H3/b27-17-/t29-/m1/s1. The highest BCUT2D eigenvalue weighted by atomic mass is 32.1. The molecule has 0 unspecified atom stereocenters. The van der Waals surface area contributed by atoms with Crippen molar-refractivity contribution < 1.29 is 18.9 Å². The molecule has 0 fully saturated rings. The summed E-state index contributed by atoms with van der Waals surface area (Å²) < 4.78 is 13.3. The van der Waals surface area contributed by atoms with Gasteiger partial charge < -0.3 is 9.15 Å². The largest absolute Gasteiger partial charge is 0.463 e. The van der Waals surface area contributed by atoms with Gasteiger partial charge in [0.15, 0.2) is 4.80 Å². The number of esters is 1. The summed E-state index contributed by atoms with van der Waals surface area (Å²) in [4.78, 5) is 43.3. The zero-order valence-electron chi connectivity index (χ0n) is 23.0. The Morgan fingerprint density at radius 2 is 1.90 bits per heavy atom. The third kappa shape index (κ3) is 4.65. The number of nitro groups is 1. The quantitative estimate of drug-likeness (QED) is 0.151. The average Bonchev–Trinajstić information content (AvgIpc) is 3.56. The van der Waals surface area contributed by atoms with Crippen molar-refractivity contribution in [1.29, 1.82) is 0 Å². The predicted octanol–water partition coefficient (Wildman–Crippen LogP) is 5.43. The Labute approximate surface area is 243 Å². The highest BCUT2D eigenvalue weighted by Gasteiger charge is 2.34. The first-order valence-electron chi connectivity index (χ1n) is 13.3. The van der Waals surface area contributed by atoms with Gasteiger partial charge >= 0.3 is 5.97 Å². The number of aromatic nitrogens is 1. The van der Waals surface area contributed by atoms with Crippen LogP contribution in [0.2, 0.25) is 0 Å². The van der Waals surface area contributed by atoms with Crippen molar-refractivity contribution in [3.8, 4) is 11.3 Å². The van der Waals surface area contributed by atoms with Crippen molar-refractivity contribution in [2.45, 2.75) is 26.8 Å². The van der Waals surface area contributed by atoms with Gasteiger partial charge in [-0.2, -0.15) is 0 Å². The molecule has 5 aromatic rings. The van der Waals surface area contributed by atoms with E-state index < -0.39 is 16.9 Å². The third-order valence-corrected chi connectivity index (χ3v) is 8.21. The molecule has 0 amide bonds. The second-order valence-electron chi connectivity index (χ2n) is 9.83. The number of carbonyl (C=O) groups excluding carboxylic acids is 1. The fourth-order valence-corrected chi connectivity index (χ4v) is 6.28. The van der Waals surface area contributed by atoms with E-state index in [1.165, 1.54) is 17.4 Å². The first-order valence-corrected chi connectivity index (χ1v) is 14.1. The van der Waals surface area contributed by atoms with Crippen molar-refractivity contribution in [2.75, 3.05) is 6.61 Å². The van der Waals surface area contributed by atoms with Gasteiger partial charge in [-0.3, -0.25) is 19.5 Å². The van der Waals surface area contributed by atoms with Crippen LogP contribution in [-0.2, 0) is 9.53 Å². The molecule has 0 aliphatic carbocycles.